The van der Waals surface area contributed by atoms with Crippen LogP contribution in [-0.4, -0.2) is 31.6 Å². The Morgan fingerprint density at radius 2 is 2.20 bits per heavy atom. The fourth-order valence-electron chi connectivity index (χ4n) is 1.50. The van der Waals surface area contributed by atoms with Gasteiger partial charge >= 0.3 is 0 Å². The van der Waals surface area contributed by atoms with Crippen molar-refractivity contribution in [1.29, 1.82) is 0 Å². The molecule has 0 fully saturated rings. The lowest BCUT2D eigenvalue weighted by molar-refractivity contribution is 0.354. The zero-order valence-corrected chi connectivity index (χ0v) is 10.5. The molecule has 15 heavy (non-hydrogen) atoms. The maximum atomic E-state index is 3.46. The Labute approximate surface area is 94.0 Å². The van der Waals surface area contributed by atoms with Gasteiger partial charge in [0.15, 0.2) is 0 Å². The average Bonchev–Trinajstić information content (AvgIpc) is 2.20. The Hall–Kier alpha value is -0.760. The van der Waals surface area contributed by atoms with Crippen molar-refractivity contribution in [3.8, 4) is 0 Å². The molecule has 0 aromatic rings. The zero-order chi connectivity index (χ0) is 11.3. The van der Waals surface area contributed by atoms with Crippen LogP contribution in [0, 0.1) is 5.41 Å². The molecular weight excluding hydrogens is 184 g/mol. The topological polar surface area (TPSA) is 15.3 Å². The largest absolute Gasteiger partial charge is 0.384 e. The molecule has 0 aromatic carbocycles. The van der Waals surface area contributed by atoms with Gasteiger partial charge in [-0.05, 0) is 31.5 Å². The SMILES string of the molecule is CCN(C)CCNC1=CCC(C)(C)C=C1. The van der Waals surface area contributed by atoms with Crippen LogP contribution in [0.1, 0.15) is 27.2 Å². The van der Waals surface area contributed by atoms with Gasteiger partial charge in [-0.25, -0.2) is 0 Å². The van der Waals surface area contributed by atoms with Crippen molar-refractivity contribution in [2.75, 3.05) is 26.7 Å². The molecule has 0 aliphatic heterocycles. The van der Waals surface area contributed by atoms with E-state index in [9.17, 15) is 0 Å². The fraction of sp³-hybridized carbons (Fsp3) is 0.692. The summed E-state index contributed by atoms with van der Waals surface area (Å²) in [5.74, 6) is 0. The van der Waals surface area contributed by atoms with Gasteiger partial charge in [-0.1, -0.05) is 32.9 Å². The molecule has 0 unspecified atom stereocenters. The van der Waals surface area contributed by atoms with Crippen molar-refractivity contribution < 1.29 is 0 Å². The van der Waals surface area contributed by atoms with Crippen LogP contribution in [0.5, 0.6) is 0 Å². The molecule has 0 amide bonds. The van der Waals surface area contributed by atoms with E-state index in [0.29, 0.717) is 5.41 Å². The number of rotatable bonds is 5. The normalized spacial score (nSPS) is 19.1. The summed E-state index contributed by atoms with van der Waals surface area (Å²) in [6.07, 6.45) is 7.93. The van der Waals surface area contributed by atoms with Gasteiger partial charge in [0.2, 0.25) is 0 Å². The van der Waals surface area contributed by atoms with E-state index in [4.69, 9.17) is 0 Å². The van der Waals surface area contributed by atoms with Crippen molar-refractivity contribution >= 4 is 0 Å². The first-order valence-electron chi connectivity index (χ1n) is 5.85. The molecule has 0 bridgehead atoms. The van der Waals surface area contributed by atoms with Gasteiger partial charge in [-0.15, -0.1) is 0 Å². The monoisotopic (exact) mass is 208 g/mol. The highest BCUT2D eigenvalue weighted by molar-refractivity contribution is 5.24. The Morgan fingerprint density at radius 3 is 2.73 bits per heavy atom. The van der Waals surface area contributed by atoms with Gasteiger partial charge in [0.1, 0.15) is 0 Å². The van der Waals surface area contributed by atoms with E-state index in [0.717, 1.165) is 26.1 Å². The summed E-state index contributed by atoms with van der Waals surface area (Å²) in [5.41, 5.74) is 1.62. The van der Waals surface area contributed by atoms with Crippen molar-refractivity contribution in [1.82, 2.24) is 10.2 Å². The molecule has 0 atom stereocenters. The summed E-state index contributed by atoms with van der Waals surface area (Å²) < 4.78 is 0. The highest BCUT2D eigenvalue weighted by Crippen LogP contribution is 2.27. The summed E-state index contributed by atoms with van der Waals surface area (Å²) in [5, 5.41) is 3.46. The van der Waals surface area contributed by atoms with E-state index in [1.54, 1.807) is 0 Å². The minimum atomic E-state index is 0.339. The van der Waals surface area contributed by atoms with Crippen LogP contribution in [0.3, 0.4) is 0 Å². The molecule has 0 spiro atoms. The third-order valence-corrected chi connectivity index (χ3v) is 2.92. The molecule has 0 aromatic heterocycles. The zero-order valence-electron chi connectivity index (χ0n) is 10.5. The molecule has 0 saturated carbocycles. The third kappa shape index (κ3) is 4.52. The number of likely N-dealkylation sites (N-methyl/N-ethyl adjacent to an activating group) is 1. The summed E-state index contributed by atoms with van der Waals surface area (Å²) in [4.78, 5) is 2.31. The molecular formula is C13H24N2. The number of allylic oxidation sites excluding steroid dienone is 3. The van der Waals surface area contributed by atoms with E-state index in [1.807, 2.05) is 0 Å². The molecule has 86 valence electrons. The van der Waals surface area contributed by atoms with E-state index in [-0.39, 0.29) is 0 Å². The van der Waals surface area contributed by atoms with Crippen LogP contribution in [0.15, 0.2) is 23.9 Å². The first kappa shape index (κ1) is 12.3. The van der Waals surface area contributed by atoms with Gasteiger partial charge in [0, 0.05) is 18.8 Å². The lowest BCUT2D eigenvalue weighted by Gasteiger charge is -2.23. The van der Waals surface area contributed by atoms with Gasteiger partial charge in [-0.2, -0.15) is 0 Å². The summed E-state index contributed by atoms with van der Waals surface area (Å²) in [6, 6.07) is 0. The second-order valence-corrected chi connectivity index (χ2v) is 5.01. The van der Waals surface area contributed by atoms with Crippen molar-refractivity contribution in [2.24, 2.45) is 5.41 Å². The predicted molar refractivity (Wildman–Crippen MR) is 66.8 cm³/mol. The Morgan fingerprint density at radius 1 is 1.47 bits per heavy atom. The van der Waals surface area contributed by atoms with Crippen LogP contribution in [-0.2, 0) is 0 Å². The number of nitrogens with one attached hydrogen (secondary N) is 1. The lowest BCUT2D eigenvalue weighted by Crippen LogP contribution is -2.29. The highest BCUT2D eigenvalue weighted by Gasteiger charge is 2.15. The third-order valence-electron chi connectivity index (χ3n) is 2.92. The van der Waals surface area contributed by atoms with Crippen molar-refractivity contribution in [3.63, 3.8) is 0 Å². The van der Waals surface area contributed by atoms with Crippen molar-refractivity contribution in [3.05, 3.63) is 23.9 Å². The van der Waals surface area contributed by atoms with Crippen LogP contribution < -0.4 is 5.32 Å². The second kappa shape index (κ2) is 5.36. The van der Waals surface area contributed by atoms with Crippen LogP contribution in [0.4, 0.5) is 0 Å². The van der Waals surface area contributed by atoms with Gasteiger partial charge in [0.25, 0.3) is 0 Å². The predicted octanol–water partition coefficient (Wildman–Crippen LogP) is 2.40. The molecule has 1 aliphatic rings. The fourth-order valence-corrected chi connectivity index (χ4v) is 1.50. The number of hydrogen-bond acceptors (Lipinski definition) is 2. The summed E-state index contributed by atoms with van der Waals surface area (Å²) >= 11 is 0. The first-order chi connectivity index (χ1) is 7.03. The minimum absolute atomic E-state index is 0.339. The molecule has 2 heteroatoms. The molecule has 1 aliphatic carbocycles. The van der Waals surface area contributed by atoms with Gasteiger partial charge in [0.05, 0.1) is 0 Å². The first-order valence-corrected chi connectivity index (χ1v) is 5.85. The highest BCUT2D eigenvalue weighted by atomic mass is 15.1. The number of hydrogen-bond donors (Lipinski definition) is 1. The van der Waals surface area contributed by atoms with Gasteiger partial charge in [-0.3, -0.25) is 0 Å². The van der Waals surface area contributed by atoms with Gasteiger partial charge < -0.3 is 10.2 Å². The van der Waals surface area contributed by atoms with Crippen LogP contribution in [0.2, 0.25) is 0 Å². The summed E-state index contributed by atoms with van der Waals surface area (Å²) in [7, 11) is 2.15. The van der Waals surface area contributed by atoms with E-state index in [1.165, 1.54) is 5.70 Å². The number of nitrogens with zero attached hydrogens (tertiary/aromatic N) is 1. The van der Waals surface area contributed by atoms with Crippen LogP contribution in [0.25, 0.3) is 0 Å². The van der Waals surface area contributed by atoms with Crippen LogP contribution >= 0.6 is 0 Å². The Balaban J connectivity index is 2.25. The van der Waals surface area contributed by atoms with E-state index >= 15 is 0 Å². The Kier molecular flexibility index (Phi) is 4.40. The molecule has 0 radical (unpaired) electrons. The summed E-state index contributed by atoms with van der Waals surface area (Å²) in [6.45, 7) is 9.96. The second-order valence-electron chi connectivity index (χ2n) is 5.01. The van der Waals surface area contributed by atoms with E-state index < -0.39 is 0 Å². The molecule has 0 heterocycles. The van der Waals surface area contributed by atoms with Crippen molar-refractivity contribution in [2.45, 2.75) is 27.2 Å². The quantitative estimate of drug-likeness (QED) is 0.746. The molecule has 1 N–H and O–H groups in total. The average molecular weight is 208 g/mol. The lowest BCUT2D eigenvalue weighted by atomic mass is 9.85. The standard InChI is InChI=1S/C13H24N2/c1-5-15(4)11-10-14-12-6-8-13(2,3)9-7-12/h6-8,14H,5,9-11H2,1-4H3. The Bertz CT molecular complexity index is 251. The maximum absolute atomic E-state index is 3.46. The minimum Gasteiger partial charge on any atom is -0.384 e. The smallest absolute Gasteiger partial charge is 0.0297 e. The molecule has 0 saturated heterocycles. The molecule has 2 nitrogen and oxygen atoms in total. The maximum Gasteiger partial charge on any atom is 0.0297 e. The molecule has 1 rings (SSSR count). The van der Waals surface area contributed by atoms with E-state index in [2.05, 4.69) is 56.3 Å².